The molecule has 0 amide bonds. The van der Waals surface area contributed by atoms with Gasteiger partial charge in [-0.2, -0.15) is 0 Å². The molecular formula is C30H23GaN2. The van der Waals surface area contributed by atoms with Gasteiger partial charge in [-0.05, 0) is 0 Å². The molecule has 2 heterocycles. The van der Waals surface area contributed by atoms with Crippen molar-refractivity contribution in [1.29, 1.82) is 0 Å². The second-order valence-corrected chi connectivity index (χ2v) is 14.6. The van der Waals surface area contributed by atoms with Crippen molar-refractivity contribution in [1.82, 2.24) is 9.97 Å². The van der Waals surface area contributed by atoms with E-state index in [2.05, 4.69) is 117 Å². The normalized spacial score (nSPS) is 11.3. The van der Waals surface area contributed by atoms with Crippen LogP contribution < -0.4 is 12.4 Å². The molecule has 0 saturated heterocycles. The number of benzene rings is 4. The van der Waals surface area contributed by atoms with Crippen LogP contribution in [-0.4, -0.2) is 26.2 Å². The van der Waals surface area contributed by atoms with Crippen LogP contribution in [0.15, 0.2) is 103 Å². The van der Waals surface area contributed by atoms with Crippen LogP contribution in [0.4, 0.5) is 0 Å². The molecule has 2 nitrogen and oxygen atoms in total. The SMILES string of the molecule is Cc1ccc2ccc[c]([Ga]([c]3ccc4ccccc4c3)[c]3cccc4ccc(C)nc34)c2n1. The summed E-state index contributed by atoms with van der Waals surface area (Å²) in [5.41, 5.74) is 4.39. The number of aryl methyl sites for hydroxylation is 2. The quantitative estimate of drug-likeness (QED) is 0.330. The Labute approximate surface area is 199 Å². The van der Waals surface area contributed by atoms with Crippen LogP contribution in [0.1, 0.15) is 11.4 Å². The van der Waals surface area contributed by atoms with Crippen molar-refractivity contribution < 1.29 is 0 Å². The Hall–Kier alpha value is -3.40. The van der Waals surface area contributed by atoms with Crippen molar-refractivity contribution >= 4 is 61.1 Å². The Balaban J connectivity index is 1.70. The van der Waals surface area contributed by atoms with Crippen LogP contribution in [0.3, 0.4) is 0 Å². The summed E-state index contributed by atoms with van der Waals surface area (Å²) in [4.78, 5) is 10.1. The van der Waals surface area contributed by atoms with Crippen molar-refractivity contribution in [3.05, 3.63) is 115 Å². The molecule has 2 aromatic heterocycles. The van der Waals surface area contributed by atoms with Gasteiger partial charge in [-0.1, -0.05) is 0 Å². The Morgan fingerprint density at radius 3 is 1.61 bits per heavy atom. The molecule has 0 unspecified atom stereocenters. The first-order valence-electron chi connectivity index (χ1n) is 11.4. The van der Waals surface area contributed by atoms with Gasteiger partial charge in [0.05, 0.1) is 0 Å². The van der Waals surface area contributed by atoms with E-state index in [0.29, 0.717) is 0 Å². The third kappa shape index (κ3) is 3.64. The van der Waals surface area contributed by atoms with Crippen molar-refractivity contribution in [2.45, 2.75) is 13.8 Å². The molecular weight excluding hydrogens is 458 g/mol. The van der Waals surface area contributed by atoms with Crippen LogP contribution in [0.25, 0.3) is 32.6 Å². The molecule has 0 atom stereocenters. The van der Waals surface area contributed by atoms with Crippen LogP contribution in [0.5, 0.6) is 0 Å². The Bertz CT molecular complexity index is 1570. The molecule has 3 heteroatoms. The van der Waals surface area contributed by atoms with Gasteiger partial charge in [0.2, 0.25) is 0 Å². The summed E-state index contributed by atoms with van der Waals surface area (Å²) in [5, 5.41) is 4.98. The van der Waals surface area contributed by atoms with E-state index in [1.807, 2.05) is 0 Å². The van der Waals surface area contributed by atoms with Crippen molar-refractivity contribution in [3.63, 3.8) is 0 Å². The fraction of sp³-hybridized carbons (Fsp3) is 0.0667. The van der Waals surface area contributed by atoms with E-state index in [-0.39, 0.29) is 0 Å². The minimum atomic E-state index is -2.55. The van der Waals surface area contributed by atoms with Crippen LogP contribution in [0.2, 0.25) is 0 Å². The summed E-state index contributed by atoms with van der Waals surface area (Å²) in [7, 11) is 0. The number of hydrogen-bond acceptors (Lipinski definition) is 2. The first kappa shape index (κ1) is 20.2. The van der Waals surface area contributed by atoms with Crippen molar-refractivity contribution in [2.75, 3.05) is 0 Å². The molecule has 33 heavy (non-hydrogen) atoms. The zero-order valence-electron chi connectivity index (χ0n) is 18.8. The van der Waals surface area contributed by atoms with E-state index in [0.717, 1.165) is 22.4 Å². The van der Waals surface area contributed by atoms with Gasteiger partial charge >= 0.3 is 199 Å². The number of pyridine rings is 2. The van der Waals surface area contributed by atoms with Gasteiger partial charge in [0, 0.05) is 0 Å². The maximum atomic E-state index is 5.03. The third-order valence-corrected chi connectivity index (χ3v) is 13.2. The number of nitrogens with zero attached hydrogens (tertiary/aromatic N) is 2. The molecule has 4 aromatic carbocycles. The van der Waals surface area contributed by atoms with Gasteiger partial charge in [-0.15, -0.1) is 0 Å². The monoisotopic (exact) mass is 480 g/mol. The number of aromatic nitrogens is 2. The number of para-hydroxylation sites is 2. The molecule has 0 bridgehead atoms. The standard InChI is InChI=1S/2C10H8N.C10H7.Ga/c2*1-8-6-7-9-4-2-3-5-10(9)11-8;1-2-6-10-8-4-3-7-9(10)5-1;/h2*2-4,6-7H,1H3;1-3,5-8H;. The van der Waals surface area contributed by atoms with Gasteiger partial charge in [0.15, 0.2) is 0 Å². The molecule has 156 valence electrons. The second kappa shape index (κ2) is 8.18. The Kier molecular flexibility index (Phi) is 5.01. The number of rotatable bonds is 3. The summed E-state index contributed by atoms with van der Waals surface area (Å²) >= 11 is -2.55. The second-order valence-electron chi connectivity index (χ2n) is 8.78. The summed E-state index contributed by atoms with van der Waals surface area (Å²) in [6.07, 6.45) is 0. The maximum absolute atomic E-state index is 5.03. The molecule has 0 N–H and O–H groups in total. The predicted molar refractivity (Wildman–Crippen MR) is 142 cm³/mol. The van der Waals surface area contributed by atoms with Crippen LogP contribution in [0, 0.1) is 13.8 Å². The average molecular weight is 481 g/mol. The Morgan fingerprint density at radius 2 is 1.00 bits per heavy atom. The van der Waals surface area contributed by atoms with Gasteiger partial charge in [-0.25, -0.2) is 0 Å². The van der Waals surface area contributed by atoms with E-state index in [1.54, 1.807) is 0 Å². The molecule has 0 saturated carbocycles. The van der Waals surface area contributed by atoms with Crippen LogP contribution >= 0.6 is 0 Å². The van der Waals surface area contributed by atoms with Gasteiger partial charge in [-0.3, -0.25) is 0 Å². The van der Waals surface area contributed by atoms with E-state index in [9.17, 15) is 0 Å². The zero-order chi connectivity index (χ0) is 22.4. The molecule has 0 aliphatic carbocycles. The molecule has 0 spiro atoms. The molecule has 0 radical (unpaired) electrons. The molecule has 6 aromatic rings. The average Bonchev–Trinajstić information content (AvgIpc) is 2.84. The summed E-state index contributed by atoms with van der Waals surface area (Å²) < 4.78 is 4.23. The minimum absolute atomic E-state index is 1.06. The fourth-order valence-corrected chi connectivity index (χ4v) is 11.8. The van der Waals surface area contributed by atoms with E-state index >= 15 is 0 Å². The third-order valence-electron chi connectivity index (χ3n) is 6.51. The summed E-state index contributed by atoms with van der Waals surface area (Å²) in [6.45, 7) is 4.16. The Morgan fingerprint density at radius 1 is 0.485 bits per heavy atom. The van der Waals surface area contributed by atoms with Crippen molar-refractivity contribution in [3.8, 4) is 0 Å². The zero-order valence-corrected chi connectivity index (χ0v) is 21.2. The molecule has 0 aliphatic rings. The first-order valence-corrected chi connectivity index (χ1v) is 15.0. The molecule has 6 rings (SSSR count). The van der Waals surface area contributed by atoms with Crippen molar-refractivity contribution in [2.24, 2.45) is 0 Å². The van der Waals surface area contributed by atoms with E-state index in [1.165, 1.54) is 33.9 Å². The number of hydrogen-bond donors (Lipinski definition) is 0. The van der Waals surface area contributed by atoms with Gasteiger partial charge < -0.3 is 0 Å². The fourth-order valence-electron chi connectivity index (χ4n) is 4.92. The predicted octanol–water partition coefficient (Wildman–Crippen LogP) is 5.07. The van der Waals surface area contributed by atoms with Gasteiger partial charge in [0.1, 0.15) is 0 Å². The summed E-state index contributed by atoms with van der Waals surface area (Å²) in [6, 6.07) is 37.6. The topological polar surface area (TPSA) is 25.8 Å². The van der Waals surface area contributed by atoms with Gasteiger partial charge in [0.25, 0.3) is 0 Å². The van der Waals surface area contributed by atoms with E-state index in [4.69, 9.17) is 9.97 Å². The molecule has 0 fully saturated rings. The van der Waals surface area contributed by atoms with Crippen LogP contribution in [-0.2, 0) is 0 Å². The number of fused-ring (bicyclic) bond motifs is 3. The first-order chi connectivity index (χ1) is 16.2. The summed E-state index contributed by atoms with van der Waals surface area (Å²) in [5.74, 6) is 0. The molecule has 0 aliphatic heterocycles. The van der Waals surface area contributed by atoms with E-state index < -0.39 is 16.2 Å².